The number of benzene rings is 1. The predicted molar refractivity (Wildman–Crippen MR) is 86.2 cm³/mol. The maximum atomic E-state index is 8.99. The average molecular weight is 314 g/mol. The van der Waals surface area contributed by atoms with Crippen molar-refractivity contribution in [1.29, 1.82) is 0 Å². The van der Waals surface area contributed by atoms with Crippen molar-refractivity contribution >= 4 is 0 Å². The van der Waals surface area contributed by atoms with Crippen molar-refractivity contribution in [3.05, 3.63) is 36.7 Å². The predicted octanol–water partition coefficient (Wildman–Crippen LogP) is 2.49. The molecule has 122 valence electrons. The number of fused-ring (bicyclic) bond motifs is 2. The molecule has 0 spiro atoms. The monoisotopic (exact) mass is 314 g/mol. The Morgan fingerprint density at radius 1 is 1.30 bits per heavy atom. The molecule has 0 radical (unpaired) electrons. The van der Waals surface area contributed by atoms with Crippen LogP contribution in [-0.2, 0) is 11.3 Å². The number of aromatic nitrogens is 2. The molecule has 2 bridgehead atoms. The normalized spacial score (nSPS) is 25.9. The highest BCUT2D eigenvalue weighted by Crippen LogP contribution is 2.40. The maximum absolute atomic E-state index is 8.99. The molecule has 1 aromatic heterocycles. The van der Waals surface area contributed by atoms with E-state index in [1.807, 2.05) is 36.7 Å². The Balaban J connectivity index is 1.57. The van der Waals surface area contributed by atoms with Crippen molar-refractivity contribution in [1.82, 2.24) is 9.55 Å². The first-order chi connectivity index (χ1) is 11.3. The van der Waals surface area contributed by atoms with Gasteiger partial charge in [0.25, 0.3) is 0 Å². The number of aliphatic hydroxyl groups is 1. The van der Waals surface area contributed by atoms with E-state index in [0.717, 1.165) is 30.1 Å². The molecule has 2 saturated heterocycles. The van der Waals surface area contributed by atoms with E-state index in [1.54, 1.807) is 0 Å². The molecule has 3 atom stereocenters. The van der Waals surface area contributed by atoms with Gasteiger partial charge in [-0.3, -0.25) is 0 Å². The summed E-state index contributed by atoms with van der Waals surface area (Å²) in [5.41, 5.74) is 0.968. The van der Waals surface area contributed by atoms with Crippen molar-refractivity contribution in [3.8, 4) is 17.1 Å². The van der Waals surface area contributed by atoms with Gasteiger partial charge in [-0.2, -0.15) is 0 Å². The highest BCUT2D eigenvalue weighted by Gasteiger charge is 2.40. The van der Waals surface area contributed by atoms with Crippen LogP contribution >= 0.6 is 0 Å². The lowest BCUT2D eigenvalue weighted by molar-refractivity contribution is 0.0900. The van der Waals surface area contributed by atoms with Gasteiger partial charge >= 0.3 is 0 Å². The number of hydrogen-bond acceptors (Lipinski definition) is 4. The molecule has 5 nitrogen and oxygen atoms in total. The van der Waals surface area contributed by atoms with Gasteiger partial charge in [0.2, 0.25) is 0 Å². The smallest absolute Gasteiger partial charge is 0.143 e. The van der Waals surface area contributed by atoms with Crippen molar-refractivity contribution < 1.29 is 14.6 Å². The standard InChI is InChI=1S/C18H22N2O3/c21-9-10-22-17-4-2-1-3-15(17)18-19-7-8-20(18)12-13-11-14-5-6-16(13)23-14/h1-4,7-8,13-14,16,21H,5-6,9-12H2/t13-,14-,16+/m0/s1. The minimum atomic E-state index is 0.00521. The number of imidazole rings is 1. The van der Waals surface area contributed by atoms with Gasteiger partial charge in [0.05, 0.1) is 24.4 Å². The Bertz CT molecular complexity index is 670. The molecule has 0 amide bonds. The third-order valence-electron chi connectivity index (χ3n) is 4.86. The van der Waals surface area contributed by atoms with Crippen molar-refractivity contribution in [3.63, 3.8) is 0 Å². The van der Waals surface area contributed by atoms with Crippen LogP contribution in [0.15, 0.2) is 36.7 Å². The van der Waals surface area contributed by atoms with Gasteiger partial charge in [-0.05, 0) is 31.4 Å². The van der Waals surface area contributed by atoms with Crippen LogP contribution in [0.5, 0.6) is 5.75 Å². The van der Waals surface area contributed by atoms with E-state index >= 15 is 0 Å². The van der Waals surface area contributed by atoms with Gasteiger partial charge in [-0.1, -0.05) is 12.1 Å². The largest absolute Gasteiger partial charge is 0.490 e. The summed E-state index contributed by atoms with van der Waals surface area (Å²) < 4.78 is 13.8. The quantitative estimate of drug-likeness (QED) is 0.890. The SMILES string of the molecule is OCCOc1ccccc1-c1nccn1C[C@@H]1C[C@@H]2CC[C@H]1O2. The topological polar surface area (TPSA) is 56.5 Å². The van der Waals surface area contributed by atoms with Gasteiger partial charge in [-0.25, -0.2) is 4.98 Å². The summed E-state index contributed by atoms with van der Waals surface area (Å²) in [4.78, 5) is 4.54. The molecule has 3 heterocycles. The van der Waals surface area contributed by atoms with E-state index in [4.69, 9.17) is 14.6 Å². The molecule has 5 heteroatoms. The van der Waals surface area contributed by atoms with E-state index in [2.05, 4.69) is 9.55 Å². The number of nitrogens with zero attached hydrogens (tertiary/aromatic N) is 2. The van der Waals surface area contributed by atoms with Crippen molar-refractivity contribution in [2.45, 2.75) is 38.0 Å². The number of ether oxygens (including phenoxy) is 2. The molecular weight excluding hydrogens is 292 g/mol. The van der Waals surface area contributed by atoms with Gasteiger partial charge in [0.15, 0.2) is 0 Å². The molecule has 0 aliphatic carbocycles. The van der Waals surface area contributed by atoms with Gasteiger partial charge in [0, 0.05) is 24.9 Å². The number of rotatable bonds is 6. The zero-order chi connectivity index (χ0) is 15.6. The first kappa shape index (κ1) is 14.7. The number of aliphatic hydroxyl groups excluding tert-OH is 1. The minimum absolute atomic E-state index is 0.00521. The van der Waals surface area contributed by atoms with E-state index < -0.39 is 0 Å². The first-order valence-corrected chi connectivity index (χ1v) is 8.35. The Hall–Kier alpha value is -1.85. The zero-order valence-electron chi connectivity index (χ0n) is 13.1. The summed E-state index contributed by atoms with van der Waals surface area (Å²) in [6.45, 7) is 1.23. The third-order valence-corrected chi connectivity index (χ3v) is 4.86. The van der Waals surface area contributed by atoms with Gasteiger partial charge in [-0.15, -0.1) is 0 Å². The summed E-state index contributed by atoms with van der Waals surface area (Å²) in [6.07, 6.45) is 8.32. The van der Waals surface area contributed by atoms with Crippen LogP contribution in [0.25, 0.3) is 11.4 Å². The fraction of sp³-hybridized carbons (Fsp3) is 0.500. The van der Waals surface area contributed by atoms with Crippen LogP contribution < -0.4 is 4.74 Å². The van der Waals surface area contributed by atoms with Crippen LogP contribution in [0.1, 0.15) is 19.3 Å². The maximum Gasteiger partial charge on any atom is 0.143 e. The summed E-state index contributed by atoms with van der Waals surface area (Å²) >= 11 is 0. The molecular formula is C18H22N2O3. The molecule has 2 aliphatic heterocycles. The third kappa shape index (κ3) is 2.86. The lowest BCUT2D eigenvalue weighted by Crippen LogP contribution is -2.22. The summed E-state index contributed by atoms with van der Waals surface area (Å²) in [6, 6.07) is 7.86. The molecule has 1 aromatic carbocycles. The minimum Gasteiger partial charge on any atom is -0.490 e. The van der Waals surface area contributed by atoms with Crippen LogP contribution in [0.4, 0.5) is 0 Å². The highest BCUT2D eigenvalue weighted by atomic mass is 16.5. The second-order valence-electron chi connectivity index (χ2n) is 6.34. The van der Waals surface area contributed by atoms with E-state index in [-0.39, 0.29) is 13.2 Å². The Labute approximate surface area is 135 Å². The van der Waals surface area contributed by atoms with Crippen LogP contribution in [-0.4, -0.2) is 40.1 Å². The Kier molecular flexibility index (Phi) is 4.06. The van der Waals surface area contributed by atoms with Gasteiger partial charge < -0.3 is 19.1 Å². The molecule has 2 fully saturated rings. The van der Waals surface area contributed by atoms with E-state index in [1.165, 1.54) is 12.8 Å². The molecule has 0 unspecified atom stereocenters. The summed E-state index contributed by atoms with van der Waals surface area (Å²) in [5.74, 6) is 2.26. The highest BCUT2D eigenvalue weighted by molar-refractivity contribution is 5.64. The van der Waals surface area contributed by atoms with Crippen LogP contribution in [0, 0.1) is 5.92 Å². The number of para-hydroxylation sites is 1. The molecule has 2 aromatic rings. The van der Waals surface area contributed by atoms with E-state index in [0.29, 0.717) is 18.1 Å². The second-order valence-corrected chi connectivity index (χ2v) is 6.34. The Morgan fingerprint density at radius 3 is 3.00 bits per heavy atom. The van der Waals surface area contributed by atoms with E-state index in [9.17, 15) is 0 Å². The summed E-state index contributed by atoms with van der Waals surface area (Å²) in [5, 5.41) is 8.99. The fourth-order valence-corrected chi connectivity index (χ4v) is 3.82. The molecule has 1 N–H and O–H groups in total. The lowest BCUT2D eigenvalue weighted by Gasteiger charge is -2.20. The van der Waals surface area contributed by atoms with Crippen LogP contribution in [0.3, 0.4) is 0 Å². The first-order valence-electron chi connectivity index (χ1n) is 8.35. The van der Waals surface area contributed by atoms with Gasteiger partial charge in [0.1, 0.15) is 18.2 Å². The average Bonchev–Trinajstić information content (AvgIpc) is 3.30. The Morgan fingerprint density at radius 2 is 2.22 bits per heavy atom. The molecule has 2 aliphatic rings. The lowest BCUT2D eigenvalue weighted by atomic mass is 9.89. The molecule has 0 saturated carbocycles. The fourth-order valence-electron chi connectivity index (χ4n) is 3.82. The summed E-state index contributed by atoms with van der Waals surface area (Å²) in [7, 11) is 0. The van der Waals surface area contributed by atoms with Crippen molar-refractivity contribution in [2.24, 2.45) is 5.92 Å². The molecule has 23 heavy (non-hydrogen) atoms. The van der Waals surface area contributed by atoms with Crippen LogP contribution in [0.2, 0.25) is 0 Å². The van der Waals surface area contributed by atoms with Crippen molar-refractivity contribution in [2.75, 3.05) is 13.2 Å². The second kappa shape index (κ2) is 6.34. The molecule has 4 rings (SSSR count). The zero-order valence-corrected chi connectivity index (χ0v) is 13.1. The number of hydrogen-bond donors (Lipinski definition) is 1.